The predicted molar refractivity (Wildman–Crippen MR) is 82.2 cm³/mol. The van der Waals surface area contributed by atoms with Crippen LogP contribution >= 0.6 is 0 Å². The van der Waals surface area contributed by atoms with E-state index in [2.05, 4.69) is 10.6 Å². The lowest BCUT2D eigenvalue weighted by atomic mass is 10.0. The van der Waals surface area contributed by atoms with Crippen molar-refractivity contribution < 1.29 is 19.1 Å². The van der Waals surface area contributed by atoms with E-state index >= 15 is 0 Å². The van der Waals surface area contributed by atoms with Crippen molar-refractivity contribution in [1.29, 1.82) is 5.26 Å². The van der Waals surface area contributed by atoms with Gasteiger partial charge in [0.25, 0.3) is 0 Å². The summed E-state index contributed by atoms with van der Waals surface area (Å²) >= 11 is 0. The lowest BCUT2D eigenvalue weighted by Crippen LogP contribution is -2.48. The van der Waals surface area contributed by atoms with E-state index in [0.29, 0.717) is 25.9 Å². The molecule has 0 aromatic carbocycles. The summed E-state index contributed by atoms with van der Waals surface area (Å²) in [5, 5.41) is 13.7. The molecule has 8 heteroatoms. The molecule has 128 valence electrons. The number of amides is 3. The van der Waals surface area contributed by atoms with Crippen LogP contribution in [0.5, 0.6) is 0 Å². The number of likely N-dealkylation sites (tertiary alicyclic amines) is 1. The van der Waals surface area contributed by atoms with Gasteiger partial charge in [0.15, 0.2) is 0 Å². The van der Waals surface area contributed by atoms with E-state index in [1.807, 2.05) is 6.07 Å². The van der Waals surface area contributed by atoms with Crippen LogP contribution in [-0.4, -0.2) is 54.1 Å². The van der Waals surface area contributed by atoms with Gasteiger partial charge in [0.05, 0.1) is 6.07 Å². The van der Waals surface area contributed by atoms with Crippen molar-refractivity contribution >= 4 is 17.9 Å². The molecule has 1 rings (SSSR count). The molecule has 0 bridgehead atoms. The molecular weight excluding hydrogens is 300 g/mol. The van der Waals surface area contributed by atoms with Crippen molar-refractivity contribution in [1.82, 2.24) is 15.5 Å². The van der Waals surface area contributed by atoms with Crippen molar-refractivity contribution in [2.75, 3.05) is 19.6 Å². The van der Waals surface area contributed by atoms with Crippen molar-refractivity contribution in [2.45, 2.75) is 51.7 Å². The van der Waals surface area contributed by atoms with E-state index in [1.165, 1.54) is 0 Å². The summed E-state index contributed by atoms with van der Waals surface area (Å²) in [4.78, 5) is 36.4. The van der Waals surface area contributed by atoms with Crippen LogP contribution in [-0.2, 0) is 14.3 Å². The van der Waals surface area contributed by atoms with E-state index in [-0.39, 0.29) is 30.8 Å². The third-order valence-electron chi connectivity index (χ3n) is 3.24. The van der Waals surface area contributed by atoms with Gasteiger partial charge in [-0.15, -0.1) is 0 Å². The van der Waals surface area contributed by atoms with Crippen LogP contribution in [0, 0.1) is 11.3 Å². The zero-order valence-electron chi connectivity index (χ0n) is 13.8. The Labute approximate surface area is 136 Å². The summed E-state index contributed by atoms with van der Waals surface area (Å²) in [5.41, 5.74) is -0.608. The highest BCUT2D eigenvalue weighted by Crippen LogP contribution is 2.11. The number of nitrogens with one attached hydrogen (secondary N) is 2. The molecule has 23 heavy (non-hydrogen) atoms. The molecule has 0 unspecified atom stereocenters. The fraction of sp³-hybridized carbons (Fsp3) is 0.733. The van der Waals surface area contributed by atoms with Gasteiger partial charge in [-0.25, -0.2) is 4.79 Å². The van der Waals surface area contributed by atoms with E-state index in [9.17, 15) is 14.4 Å². The second-order valence-corrected chi connectivity index (χ2v) is 6.41. The van der Waals surface area contributed by atoms with Gasteiger partial charge >= 0.3 is 6.09 Å². The zero-order chi connectivity index (χ0) is 17.5. The maximum absolute atomic E-state index is 11.8. The monoisotopic (exact) mass is 324 g/mol. The van der Waals surface area contributed by atoms with E-state index < -0.39 is 11.7 Å². The van der Waals surface area contributed by atoms with Crippen molar-refractivity contribution in [3.8, 4) is 6.07 Å². The first kappa shape index (κ1) is 18.7. The van der Waals surface area contributed by atoms with Crippen molar-refractivity contribution in [3.05, 3.63) is 0 Å². The number of hydrogen-bond donors (Lipinski definition) is 2. The molecule has 0 atom stereocenters. The lowest BCUT2D eigenvalue weighted by Gasteiger charge is -2.32. The molecule has 0 aromatic heterocycles. The van der Waals surface area contributed by atoms with Gasteiger partial charge < -0.3 is 20.3 Å². The number of rotatable bonds is 4. The highest BCUT2D eigenvalue weighted by atomic mass is 16.6. The molecule has 0 aliphatic carbocycles. The molecule has 0 radical (unpaired) electrons. The quantitative estimate of drug-likeness (QED) is 0.783. The minimum Gasteiger partial charge on any atom is -0.444 e. The third kappa shape index (κ3) is 7.49. The Hall–Kier alpha value is -2.30. The Bertz CT molecular complexity index is 485. The average molecular weight is 324 g/mol. The zero-order valence-corrected chi connectivity index (χ0v) is 13.8. The summed E-state index contributed by atoms with van der Waals surface area (Å²) in [6.07, 6.45) is 0.520. The van der Waals surface area contributed by atoms with E-state index in [1.54, 1.807) is 25.7 Å². The van der Waals surface area contributed by atoms with E-state index in [0.717, 1.165) is 0 Å². The summed E-state index contributed by atoms with van der Waals surface area (Å²) < 4.78 is 5.04. The Kier molecular flexibility index (Phi) is 6.82. The molecule has 1 aliphatic rings. The molecule has 3 amide bonds. The summed E-state index contributed by atoms with van der Waals surface area (Å²) in [5.74, 6) is -0.471. The first-order valence-corrected chi connectivity index (χ1v) is 7.62. The molecule has 0 spiro atoms. The lowest BCUT2D eigenvalue weighted by molar-refractivity contribution is -0.131. The van der Waals surface area contributed by atoms with Crippen LogP contribution in [0.15, 0.2) is 0 Å². The van der Waals surface area contributed by atoms with Crippen LogP contribution < -0.4 is 10.6 Å². The maximum Gasteiger partial charge on any atom is 0.408 e. The predicted octanol–water partition coefficient (Wildman–Crippen LogP) is 0.532. The molecule has 0 saturated carbocycles. The largest absolute Gasteiger partial charge is 0.444 e. The molecular formula is C15H24N4O4. The van der Waals surface area contributed by atoms with Gasteiger partial charge in [0.1, 0.15) is 18.6 Å². The minimum atomic E-state index is -0.635. The molecule has 1 heterocycles. The number of nitriles is 1. The number of ether oxygens (including phenoxy) is 1. The van der Waals surface area contributed by atoms with Gasteiger partial charge in [-0.2, -0.15) is 5.26 Å². The van der Waals surface area contributed by atoms with Crippen LogP contribution in [0.1, 0.15) is 40.0 Å². The fourth-order valence-electron chi connectivity index (χ4n) is 2.20. The van der Waals surface area contributed by atoms with Crippen LogP contribution in [0.4, 0.5) is 4.79 Å². The van der Waals surface area contributed by atoms with Gasteiger partial charge in [0.2, 0.25) is 11.8 Å². The molecule has 1 saturated heterocycles. The fourth-order valence-corrected chi connectivity index (χ4v) is 2.20. The summed E-state index contributed by atoms with van der Waals surface area (Å²) in [6.45, 7) is 6.12. The third-order valence-corrected chi connectivity index (χ3v) is 3.24. The first-order chi connectivity index (χ1) is 10.7. The molecule has 8 nitrogen and oxygen atoms in total. The average Bonchev–Trinajstić information content (AvgIpc) is 2.44. The molecule has 0 aromatic rings. The molecule has 2 N–H and O–H groups in total. The molecule has 1 aliphatic heterocycles. The normalized spacial score (nSPS) is 15.5. The SMILES string of the molecule is CC(C)(C)OC(=O)NCC(=O)NC1CCN(C(=O)CC#N)CC1. The van der Waals surface area contributed by atoms with Gasteiger partial charge in [-0.05, 0) is 33.6 Å². The summed E-state index contributed by atoms with van der Waals surface area (Å²) in [7, 11) is 0. The number of alkyl carbamates (subject to hydrolysis) is 1. The van der Waals surface area contributed by atoms with Gasteiger partial charge in [0, 0.05) is 19.1 Å². The van der Waals surface area contributed by atoms with Crippen molar-refractivity contribution in [2.24, 2.45) is 0 Å². The Morgan fingerprint density at radius 3 is 2.39 bits per heavy atom. The number of nitrogens with zero attached hydrogens (tertiary/aromatic N) is 2. The van der Waals surface area contributed by atoms with Crippen LogP contribution in [0.2, 0.25) is 0 Å². The van der Waals surface area contributed by atoms with Gasteiger partial charge in [-0.3, -0.25) is 9.59 Å². The molecule has 1 fully saturated rings. The Morgan fingerprint density at radius 2 is 1.87 bits per heavy atom. The van der Waals surface area contributed by atoms with Gasteiger partial charge in [-0.1, -0.05) is 0 Å². The van der Waals surface area contributed by atoms with Crippen molar-refractivity contribution in [3.63, 3.8) is 0 Å². The summed E-state index contributed by atoms with van der Waals surface area (Å²) in [6, 6.07) is 1.81. The Morgan fingerprint density at radius 1 is 1.26 bits per heavy atom. The highest BCUT2D eigenvalue weighted by Gasteiger charge is 2.24. The highest BCUT2D eigenvalue weighted by molar-refractivity contribution is 5.82. The Balaban J connectivity index is 2.25. The smallest absolute Gasteiger partial charge is 0.408 e. The first-order valence-electron chi connectivity index (χ1n) is 7.62. The second-order valence-electron chi connectivity index (χ2n) is 6.41. The topological polar surface area (TPSA) is 112 Å². The number of carbonyl (C=O) groups excluding carboxylic acids is 3. The number of hydrogen-bond acceptors (Lipinski definition) is 5. The van der Waals surface area contributed by atoms with Crippen LogP contribution in [0.25, 0.3) is 0 Å². The minimum absolute atomic E-state index is 0.0333. The standard InChI is InChI=1S/C15H24N4O4/c1-15(2,3)23-14(22)17-10-12(20)18-11-5-8-19(9-6-11)13(21)4-7-16/h11H,4-6,8-10H2,1-3H3,(H,17,22)(H,18,20). The number of carbonyl (C=O) groups is 3. The number of piperidine rings is 1. The second kappa shape index (κ2) is 8.36. The van der Waals surface area contributed by atoms with E-state index in [4.69, 9.17) is 10.00 Å². The maximum atomic E-state index is 11.8. The van der Waals surface area contributed by atoms with Crippen LogP contribution in [0.3, 0.4) is 0 Å².